The fourth-order valence-corrected chi connectivity index (χ4v) is 1.73. The van der Waals surface area contributed by atoms with E-state index in [1.807, 2.05) is 0 Å². The van der Waals surface area contributed by atoms with Crippen molar-refractivity contribution in [1.29, 1.82) is 0 Å². The Morgan fingerprint density at radius 2 is 1.89 bits per heavy atom. The lowest BCUT2D eigenvalue weighted by molar-refractivity contribution is -0.118. The van der Waals surface area contributed by atoms with Crippen LogP contribution in [0.4, 0.5) is 5.69 Å². The van der Waals surface area contributed by atoms with Crippen molar-refractivity contribution in [3.63, 3.8) is 0 Å². The van der Waals surface area contributed by atoms with E-state index in [0.29, 0.717) is 5.69 Å². The first kappa shape index (κ1) is 16.9. The molecular weight excluding hydrogens is 280 g/mol. The van der Waals surface area contributed by atoms with E-state index in [0.717, 1.165) is 6.26 Å². The number of nitrogens with one attached hydrogen (secondary N) is 1. The summed E-state index contributed by atoms with van der Waals surface area (Å²) in [5.74, 6) is -0.528. The van der Waals surface area contributed by atoms with E-state index >= 15 is 0 Å². The molecule has 102 valence electrons. The molecule has 0 aromatic heterocycles. The number of aliphatic hydroxyl groups is 1. The van der Waals surface area contributed by atoms with Crippen LogP contribution in [-0.2, 0) is 14.6 Å². The number of aliphatic hydroxyl groups excluding tert-OH is 1. The number of rotatable bonds is 4. The molecule has 0 aliphatic carbocycles. The van der Waals surface area contributed by atoms with Crippen molar-refractivity contribution in [1.82, 2.24) is 0 Å². The van der Waals surface area contributed by atoms with Gasteiger partial charge in [0.2, 0.25) is 5.91 Å². The van der Waals surface area contributed by atoms with Crippen LogP contribution in [0.2, 0.25) is 0 Å². The Morgan fingerprint density at radius 3 is 2.28 bits per heavy atom. The second-order valence-electron chi connectivity index (χ2n) is 3.57. The topological polar surface area (TPSA) is 109 Å². The van der Waals surface area contributed by atoms with Gasteiger partial charge in [-0.3, -0.25) is 4.79 Å². The molecule has 4 N–H and O–H groups in total. The van der Waals surface area contributed by atoms with Crippen molar-refractivity contribution in [2.45, 2.75) is 10.9 Å². The van der Waals surface area contributed by atoms with Gasteiger partial charge in [-0.25, -0.2) is 8.42 Å². The average Bonchev–Trinajstić information content (AvgIpc) is 2.27. The Hall–Kier alpha value is -1.15. The van der Waals surface area contributed by atoms with Gasteiger partial charge in [-0.2, -0.15) is 0 Å². The first-order valence-corrected chi connectivity index (χ1v) is 6.71. The van der Waals surface area contributed by atoms with Gasteiger partial charge in [-0.05, 0) is 24.3 Å². The number of anilines is 1. The van der Waals surface area contributed by atoms with Crippen LogP contribution in [0.15, 0.2) is 29.2 Å². The highest BCUT2D eigenvalue weighted by Gasteiger charge is 2.12. The van der Waals surface area contributed by atoms with Gasteiger partial charge < -0.3 is 16.2 Å². The summed E-state index contributed by atoms with van der Waals surface area (Å²) in [6.07, 6.45) is 1.10. The molecule has 8 heteroatoms. The zero-order valence-corrected chi connectivity index (χ0v) is 11.3. The molecule has 0 radical (unpaired) electrons. The number of amides is 1. The number of hydrogen-bond donors (Lipinski definition) is 3. The zero-order chi connectivity index (χ0) is 13.1. The van der Waals surface area contributed by atoms with Crippen LogP contribution in [0, 0.1) is 0 Å². The predicted octanol–water partition coefficient (Wildman–Crippen LogP) is -0.230. The Kier molecular flexibility index (Phi) is 6.27. The second kappa shape index (κ2) is 6.69. The van der Waals surface area contributed by atoms with Gasteiger partial charge in [0.05, 0.1) is 11.5 Å². The van der Waals surface area contributed by atoms with E-state index in [2.05, 4.69) is 5.32 Å². The van der Waals surface area contributed by atoms with Gasteiger partial charge in [0.25, 0.3) is 0 Å². The lowest BCUT2D eigenvalue weighted by Crippen LogP contribution is -2.38. The Balaban J connectivity index is 0.00000289. The second-order valence-corrected chi connectivity index (χ2v) is 5.59. The Morgan fingerprint density at radius 1 is 1.39 bits per heavy atom. The van der Waals surface area contributed by atoms with Gasteiger partial charge >= 0.3 is 0 Å². The average molecular weight is 295 g/mol. The fraction of sp³-hybridized carbons (Fsp3) is 0.300. The van der Waals surface area contributed by atoms with Gasteiger partial charge in [-0.15, -0.1) is 12.4 Å². The molecule has 6 nitrogen and oxygen atoms in total. The number of sulfone groups is 1. The van der Waals surface area contributed by atoms with Crippen LogP contribution < -0.4 is 11.1 Å². The number of hydrogen-bond acceptors (Lipinski definition) is 5. The van der Waals surface area contributed by atoms with Crippen molar-refractivity contribution in [3.8, 4) is 0 Å². The number of halogens is 1. The van der Waals surface area contributed by atoms with Crippen LogP contribution in [0.5, 0.6) is 0 Å². The van der Waals surface area contributed by atoms with Crippen molar-refractivity contribution < 1.29 is 18.3 Å². The number of nitrogens with two attached hydrogens (primary N) is 1. The van der Waals surface area contributed by atoms with E-state index in [1.54, 1.807) is 0 Å². The molecule has 1 aromatic rings. The third-order valence-corrected chi connectivity index (χ3v) is 3.21. The monoisotopic (exact) mass is 294 g/mol. The first-order chi connectivity index (χ1) is 7.84. The van der Waals surface area contributed by atoms with Crippen molar-refractivity contribution in [2.24, 2.45) is 5.73 Å². The van der Waals surface area contributed by atoms with E-state index in [9.17, 15) is 13.2 Å². The fourth-order valence-electron chi connectivity index (χ4n) is 1.10. The first-order valence-electron chi connectivity index (χ1n) is 4.82. The molecule has 1 aromatic carbocycles. The molecule has 0 saturated heterocycles. The highest BCUT2D eigenvalue weighted by atomic mass is 35.5. The highest BCUT2D eigenvalue weighted by Crippen LogP contribution is 2.13. The molecule has 1 rings (SSSR count). The Labute approximate surface area is 112 Å². The summed E-state index contributed by atoms with van der Waals surface area (Å²) in [6, 6.07) is 4.69. The largest absolute Gasteiger partial charge is 0.394 e. The molecule has 0 saturated carbocycles. The number of carbonyl (C=O) groups is 1. The molecule has 18 heavy (non-hydrogen) atoms. The quantitative estimate of drug-likeness (QED) is 0.710. The standard InChI is InChI=1S/C10H14N2O4S.ClH/c1-17(15,16)8-4-2-7(3-5-8)12-10(14)9(11)6-13;/h2-5,9,13H,6,11H2,1H3,(H,12,14);1H/t9-;/m0./s1. The zero-order valence-electron chi connectivity index (χ0n) is 9.66. The van der Waals surface area contributed by atoms with Crippen molar-refractivity contribution in [2.75, 3.05) is 18.2 Å². The number of benzene rings is 1. The summed E-state index contributed by atoms with van der Waals surface area (Å²) < 4.78 is 22.4. The minimum Gasteiger partial charge on any atom is -0.394 e. The Bertz CT molecular complexity index is 501. The summed E-state index contributed by atoms with van der Waals surface area (Å²) >= 11 is 0. The van der Waals surface area contributed by atoms with E-state index in [1.165, 1.54) is 24.3 Å². The molecule has 0 spiro atoms. The maximum Gasteiger partial charge on any atom is 0.243 e. The molecule has 0 aliphatic rings. The molecule has 0 heterocycles. The van der Waals surface area contributed by atoms with Crippen molar-refractivity contribution >= 4 is 33.8 Å². The normalized spacial score (nSPS) is 12.4. The minimum atomic E-state index is -3.25. The minimum absolute atomic E-state index is 0. The molecule has 0 aliphatic heterocycles. The third-order valence-electron chi connectivity index (χ3n) is 2.08. The van der Waals surface area contributed by atoms with Crippen LogP contribution >= 0.6 is 12.4 Å². The third kappa shape index (κ3) is 4.61. The van der Waals surface area contributed by atoms with Crippen LogP contribution in [-0.4, -0.2) is 38.3 Å². The molecule has 1 atom stereocenters. The molecule has 0 fully saturated rings. The summed E-state index contributed by atoms with van der Waals surface area (Å²) in [6.45, 7) is -0.451. The highest BCUT2D eigenvalue weighted by molar-refractivity contribution is 7.90. The van der Waals surface area contributed by atoms with E-state index in [4.69, 9.17) is 10.8 Å². The van der Waals surface area contributed by atoms with Gasteiger partial charge in [0.15, 0.2) is 9.84 Å². The SMILES string of the molecule is CS(=O)(=O)c1ccc(NC(=O)[C@@H](N)CO)cc1.Cl. The summed E-state index contributed by atoms with van der Waals surface area (Å²) in [4.78, 5) is 11.5. The van der Waals surface area contributed by atoms with Crippen LogP contribution in [0.1, 0.15) is 0 Å². The van der Waals surface area contributed by atoms with Gasteiger partial charge in [0, 0.05) is 11.9 Å². The summed E-state index contributed by atoms with van der Waals surface area (Å²) in [5, 5.41) is 11.1. The molecule has 1 amide bonds. The maximum absolute atomic E-state index is 11.3. The molecule has 0 unspecified atom stereocenters. The lowest BCUT2D eigenvalue weighted by atomic mass is 10.2. The van der Waals surface area contributed by atoms with Gasteiger partial charge in [-0.1, -0.05) is 0 Å². The van der Waals surface area contributed by atoms with E-state index < -0.39 is 28.4 Å². The maximum atomic E-state index is 11.3. The predicted molar refractivity (Wildman–Crippen MR) is 70.5 cm³/mol. The summed E-state index contributed by atoms with van der Waals surface area (Å²) in [7, 11) is -3.25. The molecular formula is C10H15ClN2O4S. The number of carbonyl (C=O) groups excluding carboxylic acids is 1. The molecule has 0 bridgehead atoms. The lowest BCUT2D eigenvalue weighted by Gasteiger charge is -2.09. The summed E-state index contributed by atoms with van der Waals surface area (Å²) in [5.41, 5.74) is 5.73. The van der Waals surface area contributed by atoms with E-state index in [-0.39, 0.29) is 17.3 Å². The van der Waals surface area contributed by atoms with Crippen molar-refractivity contribution in [3.05, 3.63) is 24.3 Å². The van der Waals surface area contributed by atoms with Crippen LogP contribution in [0.3, 0.4) is 0 Å². The van der Waals surface area contributed by atoms with Gasteiger partial charge in [0.1, 0.15) is 6.04 Å². The van der Waals surface area contributed by atoms with Crippen LogP contribution in [0.25, 0.3) is 0 Å². The smallest absolute Gasteiger partial charge is 0.243 e.